The molecule has 98 valence electrons. The van der Waals surface area contributed by atoms with Gasteiger partial charge in [-0.25, -0.2) is 4.63 Å². The highest BCUT2D eigenvalue weighted by molar-refractivity contribution is 5.96. The average Bonchev–Trinajstić information content (AvgIpc) is 2.94. The summed E-state index contributed by atoms with van der Waals surface area (Å²) in [7, 11) is 0. The van der Waals surface area contributed by atoms with Gasteiger partial charge >= 0.3 is 0 Å². The lowest BCUT2D eigenvalue weighted by Crippen LogP contribution is -1.96. The van der Waals surface area contributed by atoms with E-state index in [0.717, 1.165) is 16.9 Å². The zero-order valence-corrected chi connectivity index (χ0v) is 10.7. The molecule has 1 heterocycles. The number of aromatic nitrogens is 2. The van der Waals surface area contributed by atoms with Crippen LogP contribution >= 0.6 is 0 Å². The molecule has 0 atom stereocenters. The first-order valence-corrected chi connectivity index (χ1v) is 5.97. The van der Waals surface area contributed by atoms with Crippen molar-refractivity contribution in [1.82, 2.24) is 10.3 Å². The Morgan fingerprint density at radius 3 is 2.75 bits per heavy atom. The fourth-order valence-corrected chi connectivity index (χ4v) is 1.96. The Kier molecular flexibility index (Phi) is 2.73. The van der Waals surface area contributed by atoms with E-state index >= 15 is 0 Å². The zero-order valence-electron chi connectivity index (χ0n) is 10.7. The number of benzene rings is 2. The van der Waals surface area contributed by atoms with Crippen LogP contribution in [0, 0.1) is 18.3 Å². The van der Waals surface area contributed by atoms with Crippen LogP contribution in [0.2, 0.25) is 0 Å². The van der Waals surface area contributed by atoms with Gasteiger partial charge in [0.15, 0.2) is 11.0 Å². The molecule has 6 heteroatoms. The van der Waals surface area contributed by atoms with Gasteiger partial charge in [0.2, 0.25) is 0 Å². The van der Waals surface area contributed by atoms with Gasteiger partial charge < -0.3 is 11.1 Å². The maximum atomic E-state index is 8.96. The number of hydrogen-bond donors (Lipinski definition) is 2. The highest BCUT2D eigenvalue weighted by Gasteiger charge is 2.11. The minimum atomic E-state index is 0.509. The molecule has 0 fully saturated rings. The Morgan fingerprint density at radius 1 is 1.15 bits per heavy atom. The van der Waals surface area contributed by atoms with E-state index in [4.69, 9.17) is 15.6 Å². The highest BCUT2D eigenvalue weighted by Crippen LogP contribution is 2.29. The lowest BCUT2D eigenvalue weighted by atomic mass is 10.1. The first-order chi connectivity index (χ1) is 9.69. The van der Waals surface area contributed by atoms with Gasteiger partial charge in [0.05, 0.1) is 23.0 Å². The topological polar surface area (TPSA) is 101 Å². The van der Waals surface area contributed by atoms with Gasteiger partial charge in [-0.2, -0.15) is 5.26 Å². The number of nitrogens with two attached hydrogens (primary N) is 1. The van der Waals surface area contributed by atoms with E-state index in [1.54, 1.807) is 24.3 Å². The van der Waals surface area contributed by atoms with Crippen LogP contribution in [0.25, 0.3) is 11.0 Å². The molecule has 0 aliphatic rings. The van der Waals surface area contributed by atoms with Gasteiger partial charge in [0.25, 0.3) is 0 Å². The summed E-state index contributed by atoms with van der Waals surface area (Å²) in [5.41, 5.74) is 10.6. The van der Waals surface area contributed by atoms with Crippen molar-refractivity contribution >= 4 is 28.1 Å². The molecule has 1 aromatic heterocycles. The summed E-state index contributed by atoms with van der Waals surface area (Å²) in [6.07, 6.45) is 0. The first kappa shape index (κ1) is 12.0. The molecule has 20 heavy (non-hydrogen) atoms. The lowest BCUT2D eigenvalue weighted by molar-refractivity contribution is 0.316. The molecule has 0 amide bonds. The third-order valence-corrected chi connectivity index (χ3v) is 3.08. The molecule has 0 aliphatic carbocycles. The Labute approximate surface area is 114 Å². The van der Waals surface area contributed by atoms with Crippen molar-refractivity contribution in [2.45, 2.75) is 6.92 Å². The number of rotatable bonds is 2. The molecule has 0 saturated heterocycles. The molecule has 0 radical (unpaired) electrons. The average molecular weight is 265 g/mol. The van der Waals surface area contributed by atoms with Gasteiger partial charge in [0, 0.05) is 5.69 Å². The predicted octanol–water partition coefficient (Wildman–Crippen LogP) is 2.73. The lowest BCUT2D eigenvalue weighted by Gasteiger charge is -2.10. The van der Waals surface area contributed by atoms with Gasteiger partial charge in [-0.05, 0) is 47.1 Å². The summed E-state index contributed by atoms with van der Waals surface area (Å²) < 4.78 is 4.73. The zero-order chi connectivity index (χ0) is 14.1. The van der Waals surface area contributed by atoms with Crippen molar-refractivity contribution in [2.24, 2.45) is 0 Å². The van der Waals surface area contributed by atoms with E-state index in [-0.39, 0.29) is 0 Å². The van der Waals surface area contributed by atoms with Crippen LogP contribution in [0.15, 0.2) is 35.0 Å². The third-order valence-electron chi connectivity index (χ3n) is 3.08. The summed E-state index contributed by atoms with van der Waals surface area (Å²) in [6, 6.07) is 11.1. The van der Waals surface area contributed by atoms with Crippen molar-refractivity contribution in [3.8, 4) is 6.07 Å². The number of nitrogens with one attached hydrogen (secondary N) is 1. The van der Waals surface area contributed by atoms with Gasteiger partial charge in [-0.1, -0.05) is 6.07 Å². The van der Waals surface area contributed by atoms with Crippen molar-refractivity contribution in [1.29, 1.82) is 5.26 Å². The second kappa shape index (κ2) is 4.55. The number of nitriles is 1. The molecule has 3 aromatic rings. The van der Waals surface area contributed by atoms with Crippen LogP contribution in [0.4, 0.5) is 17.1 Å². The Balaban J connectivity index is 2.08. The smallest absolute Gasteiger partial charge is 0.160 e. The van der Waals surface area contributed by atoms with Crippen molar-refractivity contribution in [3.05, 3.63) is 41.5 Å². The Bertz CT molecular complexity index is 831. The van der Waals surface area contributed by atoms with Crippen LogP contribution in [0.1, 0.15) is 11.1 Å². The minimum Gasteiger partial charge on any atom is -0.397 e. The number of anilines is 3. The van der Waals surface area contributed by atoms with E-state index in [9.17, 15) is 0 Å². The molecule has 0 aliphatic heterocycles. The molecule has 0 spiro atoms. The van der Waals surface area contributed by atoms with E-state index < -0.39 is 0 Å². The van der Waals surface area contributed by atoms with Crippen molar-refractivity contribution in [3.63, 3.8) is 0 Å². The standard InChI is InChI=1S/C14H11N5O/c1-8-2-3-9(7-15)6-12(8)17-11-5-4-10(16)13-14(11)19-20-18-13/h2-6,17H,16H2,1H3. The Hall–Kier alpha value is -3.07. The molecule has 0 unspecified atom stereocenters. The number of hydrogen-bond acceptors (Lipinski definition) is 6. The number of aryl methyl sites for hydroxylation is 1. The fourth-order valence-electron chi connectivity index (χ4n) is 1.96. The summed E-state index contributed by atoms with van der Waals surface area (Å²) >= 11 is 0. The second-order valence-electron chi connectivity index (χ2n) is 4.43. The van der Waals surface area contributed by atoms with E-state index in [2.05, 4.69) is 21.7 Å². The minimum absolute atomic E-state index is 0.509. The molecule has 3 rings (SSSR count). The molecule has 0 bridgehead atoms. The van der Waals surface area contributed by atoms with Crippen molar-refractivity contribution < 1.29 is 4.63 Å². The van der Waals surface area contributed by atoms with E-state index in [0.29, 0.717) is 22.3 Å². The molecule has 2 aromatic carbocycles. The predicted molar refractivity (Wildman–Crippen MR) is 75.4 cm³/mol. The van der Waals surface area contributed by atoms with Crippen LogP contribution < -0.4 is 11.1 Å². The first-order valence-electron chi connectivity index (χ1n) is 5.97. The summed E-state index contributed by atoms with van der Waals surface area (Å²) in [5.74, 6) is 0. The summed E-state index contributed by atoms with van der Waals surface area (Å²) in [4.78, 5) is 0. The number of fused-ring (bicyclic) bond motifs is 1. The van der Waals surface area contributed by atoms with Crippen LogP contribution in [0.5, 0.6) is 0 Å². The second-order valence-corrected chi connectivity index (χ2v) is 4.43. The van der Waals surface area contributed by atoms with E-state index in [1.165, 1.54) is 0 Å². The quantitative estimate of drug-likeness (QED) is 0.691. The monoisotopic (exact) mass is 265 g/mol. The van der Waals surface area contributed by atoms with Gasteiger partial charge in [-0.15, -0.1) is 0 Å². The maximum Gasteiger partial charge on any atom is 0.160 e. The summed E-state index contributed by atoms with van der Waals surface area (Å²) in [5, 5.41) is 19.8. The van der Waals surface area contributed by atoms with Gasteiger partial charge in [0.1, 0.15) is 0 Å². The normalized spacial score (nSPS) is 10.4. The van der Waals surface area contributed by atoms with Crippen LogP contribution in [0.3, 0.4) is 0 Å². The van der Waals surface area contributed by atoms with Crippen LogP contribution in [-0.2, 0) is 0 Å². The van der Waals surface area contributed by atoms with Crippen LogP contribution in [-0.4, -0.2) is 10.3 Å². The van der Waals surface area contributed by atoms with Crippen molar-refractivity contribution in [2.75, 3.05) is 11.1 Å². The SMILES string of the molecule is Cc1ccc(C#N)cc1Nc1ccc(N)c2nonc12. The number of nitrogen functional groups attached to an aromatic ring is 1. The molecule has 6 nitrogen and oxygen atoms in total. The van der Waals surface area contributed by atoms with E-state index in [1.807, 2.05) is 13.0 Å². The van der Waals surface area contributed by atoms with Gasteiger partial charge in [-0.3, -0.25) is 0 Å². The third kappa shape index (κ3) is 1.91. The maximum absolute atomic E-state index is 8.96. The fraction of sp³-hybridized carbons (Fsp3) is 0.0714. The summed E-state index contributed by atoms with van der Waals surface area (Å²) in [6.45, 7) is 1.96. The molecule has 3 N–H and O–H groups in total. The molecular formula is C14H11N5O. The molecule has 0 saturated carbocycles. The highest BCUT2D eigenvalue weighted by atomic mass is 16.6. The molecular weight excluding hydrogens is 254 g/mol. The Morgan fingerprint density at radius 2 is 1.95 bits per heavy atom. The largest absolute Gasteiger partial charge is 0.397 e. The number of nitrogens with zero attached hydrogens (tertiary/aromatic N) is 3.